The summed E-state index contributed by atoms with van der Waals surface area (Å²) >= 11 is 0.961. The summed E-state index contributed by atoms with van der Waals surface area (Å²) in [6.07, 6.45) is 4.14. The van der Waals surface area contributed by atoms with Gasteiger partial charge in [0.15, 0.2) is 5.84 Å². The molecule has 0 saturated carbocycles. The fraction of sp³-hybridized carbons (Fsp3) is 0.250. The number of hydrazone groups is 1. The third-order valence-electron chi connectivity index (χ3n) is 5.44. The summed E-state index contributed by atoms with van der Waals surface area (Å²) in [4.78, 5) is 38.9. The highest BCUT2D eigenvalue weighted by Crippen LogP contribution is 2.32. The van der Waals surface area contributed by atoms with Gasteiger partial charge < -0.3 is 5.32 Å². The van der Waals surface area contributed by atoms with Crippen LogP contribution in [0.3, 0.4) is 0 Å². The van der Waals surface area contributed by atoms with Gasteiger partial charge in [-0.1, -0.05) is 31.2 Å². The predicted octanol–water partition coefficient (Wildman–Crippen LogP) is 3.37. The predicted molar refractivity (Wildman–Crippen MR) is 133 cm³/mol. The smallest absolute Gasteiger partial charge is 0.293 e. The summed E-state index contributed by atoms with van der Waals surface area (Å²) in [6.45, 7) is 2.39. The number of unbranched alkanes of at least 4 members (excludes halogenated alkanes) is 1. The molecule has 0 radical (unpaired) electrons. The standard InChI is InChI=1S/C24H26N6O3S/c1-2-16-6-8-17(9-7-16)15-20-23(32)30(24(33)34-20)14-4-3-5-21(31)25-19-12-10-18(11-13-19)22-26-28-29-27-22/h6-13,15,28-29H,2-5,14H2,1H3,(H,25,31)(H,26,27)/b20-15-. The SMILES string of the molecule is CCc1ccc(/C=C2\SC(=O)N(CCCCC(=O)Nc3ccc(C4=NNNN4)cc3)C2=O)cc1. The van der Waals surface area contributed by atoms with Gasteiger partial charge in [0.05, 0.1) is 4.91 Å². The zero-order valence-corrected chi connectivity index (χ0v) is 19.6. The number of aryl methyl sites for hydroxylation is 1. The zero-order chi connectivity index (χ0) is 23.9. The number of imide groups is 1. The molecule has 2 aliphatic rings. The lowest BCUT2D eigenvalue weighted by molar-refractivity contribution is -0.122. The molecule has 34 heavy (non-hydrogen) atoms. The number of carbonyl (C=O) groups excluding carboxylic acids is 3. The maximum absolute atomic E-state index is 12.7. The molecule has 2 heterocycles. The number of benzene rings is 2. The van der Waals surface area contributed by atoms with Crippen LogP contribution in [0.2, 0.25) is 0 Å². The van der Waals surface area contributed by atoms with E-state index in [2.05, 4.69) is 33.8 Å². The highest BCUT2D eigenvalue weighted by Gasteiger charge is 2.34. The van der Waals surface area contributed by atoms with E-state index >= 15 is 0 Å². The minimum absolute atomic E-state index is 0.114. The second kappa shape index (κ2) is 11.0. The van der Waals surface area contributed by atoms with Crippen molar-refractivity contribution in [2.45, 2.75) is 32.6 Å². The van der Waals surface area contributed by atoms with E-state index in [1.165, 1.54) is 10.5 Å². The largest absolute Gasteiger partial charge is 0.326 e. The summed E-state index contributed by atoms with van der Waals surface area (Å²) in [5, 5.41) is 6.61. The lowest BCUT2D eigenvalue weighted by Crippen LogP contribution is -2.35. The molecule has 0 aromatic heterocycles. The Morgan fingerprint density at radius 3 is 2.53 bits per heavy atom. The molecule has 176 valence electrons. The average Bonchev–Trinajstić information content (AvgIpc) is 3.47. The normalized spacial score (nSPS) is 16.4. The van der Waals surface area contributed by atoms with Crippen molar-refractivity contribution in [3.63, 3.8) is 0 Å². The van der Waals surface area contributed by atoms with Crippen LogP contribution in [0.4, 0.5) is 10.5 Å². The fourth-order valence-electron chi connectivity index (χ4n) is 3.52. The van der Waals surface area contributed by atoms with Crippen molar-refractivity contribution in [3.8, 4) is 0 Å². The third kappa shape index (κ3) is 5.83. The Morgan fingerprint density at radius 1 is 1.09 bits per heavy atom. The van der Waals surface area contributed by atoms with Crippen LogP contribution in [0.25, 0.3) is 6.08 Å². The van der Waals surface area contributed by atoms with Gasteiger partial charge in [0.1, 0.15) is 0 Å². The number of anilines is 1. The second-order valence-electron chi connectivity index (χ2n) is 7.83. The molecule has 4 rings (SSSR count). The van der Waals surface area contributed by atoms with Crippen molar-refractivity contribution in [2.75, 3.05) is 11.9 Å². The van der Waals surface area contributed by atoms with Gasteiger partial charge in [-0.05, 0) is 72.5 Å². The Hall–Kier alpha value is -3.63. The number of rotatable bonds is 9. The monoisotopic (exact) mass is 478 g/mol. The molecule has 3 amide bonds. The van der Waals surface area contributed by atoms with E-state index in [1.807, 2.05) is 36.4 Å². The molecule has 4 N–H and O–H groups in total. The molecule has 1 saturated heterocycles. The van der Waals surface area contributed by atoms with Crippen molar-refractivity contribution in [1.29, 1.82) is 0 Å². The summed E-state index contributed by atoms with van der Waals surface area (Å²) in [5.74, 6) is 0.275. The van der Waals surface area contributed by atoms with E-state index in [9.17, 15) is 14.4 Å². The minimum Gasteiger partial charge on any atom is -0.326 e. The highest BCUT2D eigenvalue weighted by atomic mass is 32.2. The number of amides is 3. The number of nitrogens with zero attached hydrogens (tertiary/aromatic N) is 2. The summed E-state index contributed by atoms with van der Waals surface area (Å²) < 4.78 is 0. The fourth-order valence-corrected chi connectivity index (χ4v) is 4.38. The number of hydrazine groups is 2. The topological polar surface area (TPSA) is 115 Å². The maximum Gasteiger partial charge on any atom is 0.293 e. The van der Waals surface area contributed by atoms with Crippen LogP contribution in [0.1, 0.15) is 42.9 Å². The quantitative estimate of drug-likeness (QED) is 0.323. The van der Waals surface area contributed by atoms with E-state index in [1.54, 1.807) is 18.2 Å². The third-order valence-corrected chi connectivity index (χ3v) is 6.35. The van der Waals surface area contributed by atoms with Gasteiger partial charge in [-0.25, -0.2) is 5.53 Å². The van der Waals surface area contributed by atoms with E-state index in [4.69, 9.17) is 0 Å². The summed E-state index contributed by atoms with van der Waals surface area (Å²) in [7, 11) is 0. The van der Waals surface area contributed by atoms with Crippen molar-refractivity contribution in [2.24, 2.45) is 5.10 Å². The van der Waals surface area contributed by atoms with Crippen LogP contribution >= 0.6 is 11.8 Å². The summed E-state index contributed by atoms with van der Waals surface area (Å²) in [5.41, 5.74) is 11.8. The van der Waals surface area contributed by atoms with Crippen molar-refractivity contribution < 1.29 is 14.4 Å². The first kappa shape index (κ1) is 23.5. The number of amidine groups is 1. The molecule has 10 heteroatoms. The van der Waals surface area contributed by atoms with Gasteiger partial charge >= 0.3 is 0 Å². The van der Waals surface area contributed by atoms with Crippen molar-refractivity contribution >= 4 is 46.4 Å². The molecule has 2 aliphatic heterocycles. The van der Waals surface area contributed by atoms with Gasteiger partial charge in [0, 0.05) is 24.2 Å². The Bertz CT molecular complexity index is 1130. The molecule has 0 atom stereocenters. The van der Waals surface area contributed by atoms with Gasteiger partial charge in [-0.15, -0.1) is 10.6 Å². The molecule has 2 aromatic rings. The highest BCUT2D eigenvalue weighted by molar-refractivity contribution is 8.18. The number of nitrogens with one attached hydrogen (secondary N) is 4. The lowest BCUT2D eigenvalue weighted by Gasteiger charge is -2.12. The maximum atomic E-state index is 12.7. The van der Waals surface area contributed by atoms with Crippen molar-refractivity contribution in [1.82, 2.24) is 21.4 Å². The van der Waals surface area contributed by atoms with Crippen LogP contribution in [-0.2, 0) is 16.0 Å². The van der Waals surface area contributed by atoms with Crippen LogP contribution in [0.5, 0.6) is 0 Å². The molecule has 9 nitrogen and oxygen atoms in total. The average molecular weight is 479 g/mol. The lowest BCUT2D eigenvalue weighted by atomic mass is 10.1. The molecular formula is C24H26N6O3S. The minimum atomic E-state index is -0.272. The van der Waals surface area contributed by atoms with E-state index in [0.717, 1.165) is 29.3 Å². The molecular weight excluding hydrogens is 452 g/mol. The van der Waals surface area contributed by atoms with Crippen LogP contribution < -0.4 is 21.8 Å². The Balaban J connectivity index is 1.21. The Kier molecular flexibility index (Phi) is 7.61. The number of hydrogen-bond donors (Lipinski definition) is 4. The molecule has 0 spiro atoms. The second-order valence-corrected chi connectivity index (χ2v) is 8.83. The number of thioether (sulfide) groups is 1. The van der Waals surface area contributed by atoms with Crippen molar-refractivity contribution in [3.05, 3.63) is 70.1 Å². The molecule has 1 fully saturated rings. The van der Waals surface area contributed by atoms with Gasteiger partial charge in [0.2, 0.25) is 5.91 Å². The molecule has 2 aromatic carbocycles. The zero-order valence-electron chi connectivity index (χ0n) is 18.8. The molecule has 0 unspecified atom stereocenters. The van der Waals surface area contributed by atoms with Gasteiger partial charge in [0.25, 0.3) is 11.1 Å². The first-order valence-corrected chi connectivity index (χ1v) is 11.9. The Labute approximate surface area is 202 Å². The van der Waals surface area contributed by atoms with Crippen LogP contribution in [-0.4, -0.2) is 34.3 Å². The van der Waals surface area contributed by atoms with Gasteiger partial charge in [-0.3, -0.25) is 24.7 Å². The summed E-state index contributed by atoms with van der Waals surface area (Å²) in [6, 6.07) is 15.2. The van der Waals surface area contributed by atoms with E-state index in [-0.39, 0.29) is 17.1 Å². The molecule has 0 bridgehead atoms. The first-order valence-electron chi connectivity index (χ1n) is 11.1. The van der Waals surface area contributed by atoms with Gasteiger partial charge in [-0.2, -0.15) is 0 Å². The van der Waals surface area contributed by atoms with E-state index in [0.29, 0.717) is 42.2 Å². The number of hydrogen-bond acceptors (Lipinski definition) is 8. The number of carbonyl (C=O) groups is 3. The van der Waals surface area contributed by atoms with E-state index < -0.39 is 0 Å². The molecule has 0 aliphatic carbocycles. The van der Waals surface area contributed by atoms with Crippen LogP contribution in [0.15, 0.2) is 58.5 Å². The Morgan fingerprint density at radius 2 is 1.85 bits per heavy atom. The first-order chi connectivity index (χ1) is 16.5. The van der Waals surface area contributed by atoms with Crippen LogP contribution in [0, 0.1) is 0 Å².